The molecule has 2 aliphatic heterocycles. The Kier molecular flexibility index (Phi) is 3.84. The maximum atomic E-state index is 12.3. The first kappa shape index (κ1) is 13.3. The molecule has 1 aromatic rings. The molecule has 1 aromatic heterocycles. The van der Waals surface area contributed by atoms with Gasteiger partial charge in [-0.3, -0.25) is 15.6 Å². The van der Waals surface area contributed by atoms with E-state index < -0.39 is 0 Å². The zero-order valence-corrected chi connectivity index (χ0v) is 11.5. The summed E-state index contributed by atoms with van der Waals surface area (Å²) in [4.78, 5) is 18.9. The van der Waals surface area contributed by atoms with Crippen LogP contribution in [0.25, 0.3) is 0 Å². The van der Waals surface area contributed by atoms with Crippen LogP contribution in [0, 0.1) is 0 Å². The van der Waals surface area contributed by atoms with E-state index in [1.54, 1.807) is 18.5 Å². The smallest absolute Gasteiger partial charge is 0.255 e. The molecule has 2 fully saturated rings. The summed E-state index contributed by atoms with van der Waals surface area (Å²) in [5.41, 5.74) is 3.65. The molecule has 2 atom stereocenters. The van der Waals surface area contributed by atoms with Gasteiger partial charge in [0.2, 0.25) is 0 Å². The van der Waals surface area contributed by atoms with Crippen molar-refractivity contribution < 1.29 is 4.79 Å². The predicted molar refractivity (Wildman–Crippen MR) is 77.1 cm³/mol. The van der Waals surface area contributed by atoms with Gasteiger partial charge < -0.3 is 15.6 Å². The second-order valence-corrected chi connectivity index (χ2v) is 5.59. The Labute approximate surface area is 118 Å². The summed E-state index contributed by atoms with van der Waals surface area (Å²) in [6, 6.07) is 2.61. The summed E-state index contributed by atoms with van der Waals surface area (Å²) in [5, 5.41) is 3.12. The summed E-state index contributed by atoms with van der Waals surface area (Å²) in [6.07, 6.45) is 7.79. The van der Waals surface area contributed by atoms with Gasteiger partial charge >= 0.3 is 0 Å². The number of nitrogen functional groups attached to an aromatic ring is 1. The van der Waals surface area contributed by atoms with Crippen LogP contribution in [0.4, 0.5) is 5.69 Å². The molecule has 3 heterocycles. The average Bonchev–Trinajstić information content (AvgIpc) is 2.94. The van der Waals surface area contributed by atoms with Crippen LogP contribution in [-0.2, 0) is 0 Å². The summed E-state index contributed by atoms with van der Waals surface area (Å²) in [5.74, 6) is 5.33. The molecule has 3 rings (SSSR count). The van der Waals surface area contributed by atoms with E-state index in [1.807, 2.05) is 0 Å². The van der Waals surface area contributed by atoms with Gasteiger partial charge in [0.15, 0.2) is 0 Å². The number of hydrazine groups is 1. The van der Waals surface area contributed by atoms with Crippen molar-refractivity contribution in [3.63, 3.8) is 0 Å². The van der Waals surface area contributed by atoms with E-state index >= 15 is 0 Å². The highest BCUT2D eigenvalue weighted by molar-refractivity contribution is 5.99. The number of carbonyl (C=O) groups excluding carboxylic acids is 1. The van der Waals surface area contributed by atoms with E-state index in [1.165, 1.54) is 19.4 Å². The van der Waals surface area contributed by atoms with Gasteiger partial charge in [-0.2, -0.15) is 0 Å². The molecule has 1 amide bonds. The topological polar surface area (TPSA) is 83.3 Å². The largest absolute Gasteiger partial charge is 0.349 e. The molecule has 4 N–H and O–H groups in total. The van der Waals surface area contributed by atoms with Gasteiger partial charge in [0, 0.05) is 31.0 Å². The van der Waals surface area contributed by atoms with E-state index in [2.05, 4.69) is 20.6 Å². The molecule has 6 nitrogen and oxygen atoms in total. The molecule has 20 heavy (non-hydrogen) atoms. The molecule has 2 saturated heterocycles. The van der Waals surface area contributed by atoms with E-state index in [4.69, 9.17) is 5.84 Å². The molecule has 0 aliphatic carbocycles. The number of amides is 1. The number of fused-ring (bicyclic) bond motifs is 1. The van der Waals surface area contributed by atoms with Gasteiger partial charge in [-0.1, -0.05) is 0 Å². The second kappa shape index (κ2) is 5.76. The molecule has 108 valence electrons. The lowest BCUT2D eigenvalue weighted by molar-refractivity contribution is 0.0896. The third-order valence-corrected chi connectivity index (χ3v) is 4.38. The van der Waals surface area contributed by atoms with Crippen molar-refractivity contribution in [2.24, 2.45) is 5.84 Å². The molecule has 2 unspecified atom stereocenters. The highest BCUT2D eigenvalue weighted by atomic mass is 16.1. The predicted octanol–water partition coefficient (Wildman–Crippen LogP) is 0.724. The van der Waals surface area contributed by atoms with Crippen LogP contribution in [0.5, 0.6) is 0 Å². The lowest BCUT2D eigenvalue weighted by Gasteiger charge is -2.35. The number of hydrogen-bond donors (Lipinski definition) is 3. The number of pyridine rings is 1. The number of carbonyl (C=O) groups is 1. The molecule has 0 spiro atoms. The van der Waals surface area contributed by atoms with Crippen molar-refractivity contribution in [1.29, 1.82) is 0 Å². The highest BCUT2D eigenvalue weighted by Crippen LogP contribution is 2.27. The number of anilines is 1. The van der Waals surface area contributed by atoms with Crippen LogP contribution in [0.3, 0.4) is 0 Å². The summed E-state index contributed by atoms with van der Waals surface area (Å²) in [7, 11) is 0. The molecule has 6 heteroatoms. The van der Waals surface area contributed by atoms with Gasteiger partial charge in [-0.15, -0.1) is 0 Å². The van der Waals surface area contributed by atoms with Crippen LogP contribution in [0.2, 0.25) is 0 Å². The highest BCUT2D eigenvalue weighted by Gasteiger charge is 2.32. The van der Waals surface area contributed by atoms with Crippen LogP contribution in [-0.4, -0.2) is 41.0 Å². The maximum Gasteiger partial charge on any atom is 0.255 e. The first-order valence-electron chi connectivity index (χ1n) is 7.23. The SMILES string of the molecule is NNc1ccncc1C(=O)NC1CCN2CCCC2C1. The molecular formula is C14H21N5O. The summed E-state index contributed by atoms with van der Waals surface area (Å²) in [6.45, 7) is 2.31. The normalized spacial score (nSPS) is 26.1. The standard InChI is InChI=1S/C14H21N5O/c15-18-13-3-5-16-9-12(13)14(20)17-10-4-7-19-6-1-2-11(19)8-10/h3,5,9-11H,1-2,4,6-8,15H2,(H,16,18)(H,17,20). The lowest BCUT2D eigenvalue weighted by atomic mass is 9.97. The molecule has 0 bridgehead atoms. The quantitative estimate of drug-likeness (QED) is 0.559. The molecule has 0 radical (unpaired) electrons. The number of hydrogen-bond acceptors (Lipinski definition) is 5. The fraction of sp³-hybridized carbons (Fsp3) is 0.571. The van der Waals surface area contributed by atoms with Crippen molar-refractivity contribution in [3.05, 3.63) is 24.0 Å². The minimum atomic E-state index is -0.0949. The van der Waals surface area contributed by atoms with Gasteiger partial charge in [0.25, 0.3) is 5.91 Å². The van der Waals surface area contributed by atoms with E-state index in [-0.39, 0.29) is 11.9 Å². The number of nitrogens with one attached hydrogen (secondary N) is 2. The third kappa shape index (κ3) is 2.62. The number of piperidine rings is 1. The Balaban J connectivity index is 1.64. The minimum absolute atomic E-state index is 0.0949. The molecule has 2 aliphatic rings. The van der Waals surface area contributed by atoms with Crippen LogP contribution >= 0.6 is 0 Å². The number of nitrogens with zero attached hydrogens (tertiary/aromatic N) is 2. The Morgan fingerprint density at radius 3 is 3.15 bits per heavy atom. The van der Waals surface area contributed by atoms with Gasteiger partial charge in [0.05, 0.1) is 11.3 Å². The Morgan fingerprint density at radius 2 is 2.30 bits per heavy atom. The van der Waals surface area contributed by atoms with E-state index in [0.29, 0.717) is 17.3 Å². The zero-order chi connectivity index (χ0) is 13.9. The van der Waals surface area contributed by atoms with Crippen molar-refractivity contribution >= 4 is 11.6 Å². The van der Waals surface area contributed by atoms with Crippen molar-refractivity contribution in [1.82, 2.24) is 15.2 Å². The molecular weight excluding hydrogens is 254 g/mol. The van der Waals surface area contributed by atoms with Gasteiger partial charge in [-0.05, 0) is 38.3 Å². The van der Waals surface area contributed by atoms with Crippen molar-refractivity contribution in [2.45, 2.75) is 37.8 Å². The Bertz CT molecular complexity index is 492. The molecule has 0 aromatic carbocycles. The zero-order valence-electron chi connectivity index (χ0n) is 11.5. The number of nitrogens with two attached hydrogens (primary N) is 1. The Hall–Kier alpha value is -1.66. The van der Waals surface area contributed by atoms with Crippen LogP contribution in [0.15, 0.2) is 18.5 Å². The average molecular weight is 275 g/mol. The first-order valence-corrected chi connectivity index (χ1v) is 7.23. The monoisotopic (exact) mass is 275 g/mol. The lowest BCUT2D eigenvalue weighted by Crippen LogP contribution is -2.47. The number of aromatic nitrogens is 1. The van der Waals surface area contributed by atoms with Gasteiger partial charge in [-0.25, -0.2) is 0 Å². The van der Waals surface area contributed by atoms with E-state index in [9.17, 15) is 4.79 Å². The van der Waals surface area contributed by atoms with Crippen molar-refractivity contribution in [2.75, 3.05) is 18.5 Å². The fourth-order valence-electron chi connectivity index (χ4n) is 3.32. The summed E-state index contributed by atoms with van der Waals surface area (Å²) < 4.78 is 0. The fourth-order valence-corrected chi connectivity index (χ4v) is 3.32. The first-order chi connectivity index (χ1) is 9.78. The Morgan fingerprint density at radius 1 is 1.40 bits per heavy atom. The summed E-state index contributed by atoms with van der Waals surface area (Å²) >= 11 is 0. The third-order valence-electron chi connectivity index (χ3n) is 4.38. The number of rotatable bonds is 3. The minimum Gasteiger partial charge on any atom is -0.349 e. The van der Waals surface area contributed by atoms with E-state index in [0.717, 1.165) is 19.4 Å². The maximum absolute atomic E-state index is 12.3. The second-order valence-electron chi connectivity index (χ2n) is 5.59. The molecule has 0 saturated carbocycles. The van der Waals surface area contributed by atoms with Crippen LogP contribution in [0.1, 0.15) is 36.0 Å². The van der Waals surface area contributed by atoms with Gasteiger partial charge in [0.1, 0.15) is 0 Å². The van der Waals surface area contributed by atoms with Crippen molar-refractivity contribution in [3.8, 4) is 0 Å². The van der Waals surface area contributed by atoms with Crippen LogP contribution < -0.4 is 16.6 Å².